The van der Waals surface area contributed by atoms with Crippen molar-refractivity contribution in [1.82, 2.24) is 10.3 Å². The van der Waals surface area contributed by atoms with E-state index in [9.17, 15) is 0 Å². The second-order valence-electron chi connectivity index (χ2n) is 5.29. The summed E-state index contributed by atoms with van der Waals surface area (Å²) in [7, 11) is 0. The average Bonchev–Trinajstić information content (AvgIpc) is 2.47. The number of aromatic nitrogens is 1. The van der Waals surface area contributed by atoms with Gasteiger partial charge in [-0.15, -0.1) is 0 Å². The van der Waals surface area contributed by atoms with E-state index >= 15 is 0 Å². The van der Waals surface area contributed by atoms with Gasteiger partial charge < -0.3 is 10.1 Å². The van der Waals surface area contributed by atoms with Crippen molar-refractivity contribution in [2.24, 2.45) is 11.8 Å². The Bertz CT molecular complexity index is 495. The molecule has 0 aromatic carbocycles. The standard InChI is InChI=1S/C16H20N2O/c1-2-19-14-8-13(9-18-10-14)15-5-3-4-12-6-7-17-11-16(12)15/h2,5,8-10,12,16-17H,1,3-4,6-7,11H2/t12-,16+/m0/s1. The van der Waals surface area contributed by atoms with Crippen molar-refractivity contribution in [3.8, 4) is 5.75 Å². The van der Waals surface area contributed by atoms with Crippen LogP contribution in [0.5, 0.6) is 5.75 Å². The van der Waals surface area contributed by atoms with Gasteiger partial charge in [0.2, 0.25) is 0 Å². The number of piperidine rings is 1. The lowest BCUT2D eigenvalue weighted by Crippen LogP contribution is -2.38. The Hall–Kier alpha value is -1.61. The fourth-order valence-electron chi connectivity index (χ4n) is 3.30. The van der Waals surface area contributed by atoms with E-state index in [-0.39, 0.29) is 0 Å². The van der Waals surface area contributed by atoms with Crippen molar-refractivity contribution in [3.05, 3.63) is 42.9 Å². The zero-order chi connectivity index (χ0) is 13.1. The van der Waals surface area contributed by atoms with Crippen LogP contribution in [0.4, 0.5) is 0 Å². The Morgan fingerprint density at radius 2 is 2.32 bits per heavy atom. The second-order valence-corrected chi connectivity index (χ2v) is 5.29. The first-order valence-electron chi connectivity index (χ1n) is 7.02. The van der Waals surface area contributed by atoms with Crippen LogP contribution in [0.25, 0.3) is 5.57 Å². The summed E-state index contributed by atoms with van der Waals surface area (Å²) in [6.45, 7) is 5.83. The molecule has 0 radical (unpaired) electrons. The van der Waals surface area contributed by atoms with Crippen molar-refractivity contribution in [1.29, 1.82) is 0 Å². The highest BCUT2D eigenvalue weighted by atomic mass is 16.5. The summed E-state index contributed by atoms with van der Waals surface area (Å²) >= 11 is 0. The second kappa shape index (κ2) is 5.57. The van der Waals surface area contributed by atoms with Gasteiger partial charge in [-0.3, -0.25) is 4.98 Å². The lowest BCUT2D eigenvalue weighted by molar-refractivity contribution is 0.285. The Balaban J connectivity index is 1.89. The van der Waals surface area contributed by atoms with Gasteiger partial charge in [0.1, 0.15) is 5.75 Å². The topological polar surface area (TPSA) is 34.1 Å². The number of nitrogens with zero attached hydrogens (tertiary/aromatic N) is 1. The maximum absolute atomic E-state index is 5.33. The van der Waals surface area contributed by atoms with Crippen LogP contribution >= 0.6 is 0 Å². The number of fused-ring (bicyclic) bond motifs is 1. The third-order valence-electron chi connectivity index (χ3n) is 4.19. The van der Waals surface area contributed by atoms with Crippen molar-refractivity contribution in [3.63, 3.8) is 0 Å². The van der Waals surface area contributed by atoms with Crippen LogP contribution in [0.3, 0.4) is 0 Å². The van der Waals surface area contributed by atoms with E-state index in [1.165, 1.54) is 36.7 Å². The number of rotatable bonds is 3. The summed E-state index contributed by atoms with van der Waals surface area (Å²) in [6, 6.07) is 2.07. The molecule has 3 nitrogen and oxygen atoms in total. The third kappa shape index (κ3) is 2.56. The highest BCUT2D eigenvalue weighted by Crippen LogP contribution is 2.39. The molecule has 1 saturated heterocycles. The first kappa shape index (κ1) is 12.4. The first-order chi connectivity index (χ1) is 9.38. The Morgan fingerprint density at radius 1 is 1.37 bits per heavy atom. The molecule has 1 fully saturated rings. The van der Waals surface area contributed by atoms with Gasteiger partial charge in [-0.25, -0.2) is 0 Å². The predicted octanol–water partition coefficient (Wildman–Crippen LogP) is 3.01. The first-order valence-corrected chi connectivity index (χ1v) is 7.02. The minimum Gasteiger partial charge on any atom is -0.464 e. The number of allylic oxidation sites excluding steroid dienone is 1. The van der Waals surface area contributed by atoms with Crippen LogP contribution in [0.1, 0.15) is 24.8 Å². The van der Waals surface area contributed by atoms with Crippen LogP contribution in [-0.4, -0.2) is 18.1 Å². The summed E-state index contributed by atoms with van der Waals surface area (Å²) in [5.41, 5.74) is 2.63. The zero-order valence-corrected chi connectivity index (χ0v) is 11.1. The van der Waals surface area contributed by atoms with Crippen LogP contribution in [-0.2, 0) is 0 Å². The summed E-state index contributed by atoms with van der Waals surface area (Å²) in [5.74, 6) is 2.22. The average molecular weight is 256 g/mol. The van der Waals surface area contributed by atoms with E-state index in [0.717, 1.165) is 24.8 Å². The summed E-state index contributed by atoms with van der Waals surface area (Å²) in [4.78, 5) is 4.28. The molecule has 1 aromatic heterocycles. The van der Waals surface area contributed by atoms with Crippen molar-refractivity contribution in [2.45, 2.75) is 19.3 Å². The van der Waals surface area contributed by atoms with Gasteiger partial charge in [-0.05, 0) is 54.8 Å². The molecule has 2 atom stereocenters. The largest absolute Gasteiger partial charge is 0.464 e. The molecule has 1 N–H and O–H groups in total. The fraction of sp³-hybridized carbons (Fsp3) is 0.438. The van der Waals surface area contributed by atoms with E-state index in [1.807, 2.05) is 6.20 Å². The number of hydrogen-bond donors (Lipinski definition) is 1. The Kier molecular flexibility index (Phi) is 3.65. The number of hydrogen-bond acceptors (Lipinski definition) is 3. The molecule has 1 aromatic rings. The minimum atomic E-state index is 0.628. The van der Waals surface area contributed by atoms with Crippen molar-refractivity contribution in [2.75, 3.05) is 13.1 Å². The summed E-state index contributed by atoms with van der Waals surface area (Å²) in [6.07, 6.45) is 11.3. The molecular formula is C16H20N2O. The lowest BCUT2D eigenvalue weighted by atomic mass is 9.73. The molecule has 0 unspecified atom stereocenters. The van der Waals surface area contributed by atoms with Gasteiger partial charge in [-0.2, -0.15) is 0 Å². The smallest absolute Gasteiger partial charge is 0.145 e. The van der Waals surface area contributed by atoms with Gasteiger partial charge in [0.25, 0.3) is 0 Å². The van der Waals surface area contributed by atoms with E-state index in [1.54, 1.807) is 6.20 Å². The maximum atomic E-state index is 5.33. The van der Waals surface area contributed by atoms with Crippen LogP contribution in [0.15, 0.2) is 37.4 Å². The van der Waals surface area contributed by atoms with Gasteiger partial charge >= 0.3 is 0 Å². The number of ether oxygens (including phenoxy) is 1. The third-order valence-corrected chi connectivity index (χ3v) is 4.19. The van der Waals surface area contributed by atoms with Crippen LogP contribution in [0, 0.1) is 11.8 Å². The SMILES string of the molecule is C=COc1cncc(C2=CCC[C@H]3CCNC[C@@H]23)c1. The molecule has 0 saturated carbocycles. The van der Waals surface area contributed by atoms with E-state index in [0.29, 0.717) is 5.92 Å². The molecule has 100 valence electrons. The number of nitrogens with one attached hydrogen (secondary N) is 1. The van der Waals surface area contributed by atoms with Crippen molar-refractivity contribution < 1.29 is 4.74 Å². The highest BCUT2D eigenvalue weighted by molar-refractivity contribution is 5.69. The molecule has 2 aliphatic rings. The van der Waals surface area contributed by atoms with E-state index in [4.69, 9.17) is 4.74 Å². The van der Waals surface area contributed by atoms with E-state index in [2.05, 4.69) is 29.0 Å². The molecule has 1 aliphatic carbocycles. The molecule has 3 heteroatoms. The minimum absolute atomic E-state index is 0.628. The van der Waals surface area contributed by atoms with Gasteiger partial charge in [0.15, 0.2) is 0 Å². The molecule has 2 heterocycles. The number of pyridine rings is 1. The molecule has 3 rings (SSSR count). The molecule has 19 heavy (non-hydrogen) atoms. The normalized spacial score (nSPS) is 26.2. The highest BCUT2D eigenvalue weighted by Gasteiger charge is 2.30. The van der Waals surface area contributed by atoms with Crippen LogP contribution in [0.2, 0.25) is 0 Å². The molecule has 0 spiro atoms. The van der Waals surface area contributed by atoms with E-state index < -0.39 is 0 Å². The van der Waals surface area contributed by atoms with Crippen molar-refractivity contribution >= 4 is 5.57 Å². The Morgan fingerprint density at radius 3 is 3.21 bits per heavy atom. The zero-order valence-electron chi connectivity index (χ0n) is 11.1. The summed E-state index contributed by atoms with van der Waals surface area (Å²) in [5, 5.41) is 3.51. The quantitative estimate of drug-likeness (QED) is 0.844. The molecule has 0 amide bonds. The predicted molar refractivity (Wildman–Crippen MR) is 76.7 cm³/mol. The Labute approximate surface area is 114 Å². The lowest BCUT2D eigenvalue weighted by Gasteiger charge is -2.37. The molecule has 1 aliphatic heterocycles. The molecular weight excluding hydrogens is 236 g/mol. The van der Waals surface area contributed by atoms with Gasteiger partial charge in [-0.1, -0.05) is 12.7 Å². The van der Waals surface area contributed by atoms with Crippen LogP contribution < -0.4 is 10.1 Å². The fourth-order valence-corrected chi connectivity index (χ4v) is 3.30. The maximum Gasteiger partial charge on any atom is 0.145 e. The van der Waals surface area contributed by atoms with Gasteiger partial charge in [0.05, 0.1) is 12.5 Å². The summed E-state index contributed by atoms with van der Waals surface area (Å²) < 4.78 is 5.33. The molecule has 0 bridgehead atoms. The van der Waals surface area contributed by atoms with Gasteiger partial charge in [0, 0.05) is 12.7 Å². The monoisotopic (exact) mass is 256 g/mol.